The Morgan fingerprint density at radius 3 is 2.50 bits per heavy atom. The standard InChI is InChI=1S/C18H27NO3/c1-3-22-17-7-4-15(5-8-17)6-9-18(21)19-12-10-16(11-13-19)14(2)20/h4-5,7-8,14,16,20H,3,6,9-13H2,1-2H3. The van der Waals surface area contributed by atoms with Gasteiger partial charge in [0.25, 0.3) is 0 Å². The van der Waals surface area contributed by atoms with Gasteiger partial charge in [-0.15, -0.1) is 0 Å². The summed E-state index contributed by atoms with van der Waals surface area (Å²) in [6.07, 6.45) is 2.87. The number of aryl methyl sites for hydroxylation is 1. The molecular weight excluding hydrogens is 278 g/mol. The smallest absolute Gasteiger partial charge is 0.222 e. The summed E-state index contributed by atoms with van der Waals surface area (Å²) in [5.74, 6) is 1.44. The van der Waals surface area contributed by atoms with Crippen molar-refractivity contribution in [2.75, 3.05) is 19.7 Å². The van der Waals surface area contributed by atoms with Gasteiger partial charge in [-0.3, -0.25) is 4.79 Å². The van der Waals surface area contributed by atoms with E-state index in [1.54, 1.807) is 0 Å². The van der Waals surface area contributed by atoms with Crippen LogP contribution < -0.4 is 4.74 Å². The van der Waals surface area contributed by atoms with Crippen LogP contribution in [0.25, 0.3) is 0 Å². The summed E-state index contributed by atoms with van der Waals surface area (Å²) < 4.78 is 5.42. The molecule has 1 aliphatic heterocycles. The van der Waals surface area contributed by atoms with Gasteiger partial charge >= 0.3 is 0 Å². The first-order valence-electron chi connectivity index (χ1n) is 8.27. The quantitative estimate of drug-likeness (QED) is 0.879. The van der Waals surface area contributed by atoms with Crippen LogP contribution in [0.4, 0.5) is 0 Å². The van der Waals surface area contributed by atoms with Crippen LogP contribution in [0.1, 0.15) is 38.7 Å². The highest BCUT2D eigenvalue weighted by Gasteiger charge is 2.24. The third-order valence-corrected chi connectivity index (χ3v) is 4.44. The zero-order chi connectivity index (χ0) is 15.9. The van der Waals surface area contributed by atoms with Crippen molar-refractivity contribution in [3.63, 3.8) is 0 Å². The number of nitrogens with zero attached hydrogens (tertiary/aromatic N) is 1. The number of carbonyl (C=O) groups is 1. The zero-order valence-electron chi connectivity index (χ0n) is 13.6. The fourth-order valence-electron chi connectivity index (χ4n) is 2.96. The summed E-state index contributed by atoms with van der Waals surface area (Å²) in [5, 5.41) is 9.60. The van der Waals surface area contributed by atoms with Crippen LogP contribution in [-0.2, 0) is 11.2 Å². The number of rotatable bonds is 6. The van der Waals surface area contributed by atoms with Crippen molar-refractivity contribution in [1.29, 1.82) is 0 Å². The fourth-order valence-corrected chi connectivity index (χ4v) is 2.96. The molecule has 0 radical (unpaired) electrons. The summed E-state index contributed by atoms with van der Waals surface area (Å²) in [6.45, 7) is 6.02. The van der Waals surface area contributed by atoms with Crippen LogP contribution in [0.15, 0.2) is 24.3 Å². The molecule has 1 aromatic rings. The molecule has 2 rings (SSSR count). The van der Waals surface area contributed by atoms with Crippen molar-refractivity contribution in [3.8, 4) is 5.75 Å². The van der Waals surface area contributed by atoms with E-state index in [-0.39, 0.29) is 12.0 Å². The summed E-state index contributed by atoms with van der Waals surface area (Å²) >= 11 is 0. The lowest BCUT2D eigenvalue weighted by Crippen LogP contribution is -2.40. The van der Waals surface area contributed by atoms with Gasteiger partial charge in [0.1, 0.15) is 5.75 Å². The highest BCUT2D eigenvalue weighted by atomic mass is 16.5. The Balaban J connectivity index is 1.76. The molecule has 1 heterocycles. The number of benzene rings is 1. The minimum absolute atomic E-state index is 0.220. The molecule has 0 spiro atoms. The van der Waals surface area contributed by atoms with Gasteiger partial charge in [0, 0.05) is 19.5 Å². The van der Waals surface area contributed by atoms with Crippen LogP contribution in [0.3, 0.4) is 0 Å². The minimum Gasteiger partial charge on any atom is -0.494 e. The number of amides is 1. The first-order valence-corrected chi connectivity index (χ1v) is 8.27. The molecule has 22 heavy (non-hydrogen) atoms. The maximum Gasteiger partial charge on any atom is 0.222 e. The Hall–Kier alpha value is -1.55. The molecular formula is C18H27NO3. The average molecular weight is 305 g/mol. The molecule has 1 atom stereocenters. The molecule has 1 amide bonds. The molecule has 1 aliphatic rings. The van der Waals surface area contributed by atoms with Gasteiger partial charge in [-0.1, -0.05) is 12.1 Å². The zero-order valence-corrected chi connectivity index (χ0v) is 13.6. The molecule has 1 fully saturated rings. The van der Waals surface area contributed by atoms with Crippen molar-refractivity contribution in [3.05, 3.63) is 29.8 Å². The highest BCUT2D eigenvalue weighted by molar-refractivity contribution is 5.76. The lowest BCUT2D eigenvalue weighted by molar-refractivity contribution is -0.133. The molecule has 1 unspecified atom stereocenters. The lowest BCUT2D eigenvalue weighted by Gasteiger charge is -2.33. The average Bonchev–Trinajstić information content (AvgIpc) is 2.54. The maximum absolute atomic E-state index is 12.3. The Kier molecular flexibility index (Phi) is 6.25. The van der Waals surface area contributed by atoms with E-state index in [1.165, 1.54) is 0 Å². The van der Waals surface area contributed by atoms with Crippen molar-refractivity contribution in [2.24, 2.45) is 5.92 Å². The van der Waals surface area contributed by atoms with Crippen LogP contribution in [0.5, 0.6) is 5.75 Å². The van der Waals surface area contributed by atoms with Gasteiger partial charge < -0.3 is 14.7 Å². The van der Waals surface area contributed by atoms with Crippen LogP contribution in [0, 0.1) is 5.92 Å². The van der Waals surface area contributed by atoms with Crippen molar-refractivity contribution in [1.82, 2.24) is 4.90 Å². The Labute approximate surface area is 133 Å². The SMILES string of the molecule is CCOc1ccc(CCC(=O)N2CCC(C(C)O)CC2)cc1. The summed E-state index contributed by atoms with van der Waals surface area (Å²) in [4.78, 5) is 14.2. The molecule has 0 aromatic heterocycles. The van der Waals surface area contributed by atoms with Gasteiger partial charge in [0.15, 0.2) is 0 Å². The number of hydrogen-bond acceptors (Lipinski definition) is 3. The number of likely N-dealkylation sites (tertiary alicyclic amines) is 1. The van der Waals surface area contributed by atoms with E-state index in [0.29, 0.717) is 18.9 Å². The highest BCUT2D eigenvalue weighted by Crippen LogP contribution is 2.21. The van der Waals surface area contributed by atoms with E-state index in [0.717, 1.165) is 43.7 Å². The molecule has 4 heteroatoms. The molecule has 1 N–H and O–H groups in total. The molecule has 122 valence electrons. The first-order chi connectivity index (χ1) is 10.6. The molecule has 0 aliphatic carbocycles. The predicted molar refractivity (Wildman–Crippen MR) is 86.9 cm³/mol. The van der Waals surface area contributed by atoms with E-state index >= 15 is 0 Å². The molecule has 1 saturated heterocycles. The third kappa shape index (κ3) is 4.73. The van der Waals surface area contributed by atoms with Crippen LogP contribution in [0.2, 0.25) is 0 Å². The van der Waals surface area contributed by atoms with E-state index in [1.807, 2.05) is 43.0 Å². The first kappa shape index (κ1) is 16.8. The monoisotopic (exact) mass is 305 g/mol. The predicted octanol–water partition coefficient (Wildman–Crippen LogP) is 2.64. The molecule has 0 bridgehead atoms. The van der Waals surface area contributed by atoms with Crippen molar-refractivity contribution < 1.29 is 14.6 Å². The number of carbonyl (C=O) groups excluding carboxylic acids is 1. The van der Waals surface area contributed by atoms with Crippen LogP contribution in [-0.4, -0.2) is 41.7 Å². The van der Waals surface area contributed by atoms with Crippen LogP contribution >= 0.6 is 0 Å². The number of ether oxygens (including phenoxy) is 1. The number of aliphatic hydroxyl groups excluding tert-OH is 1. The second-order valence-corrected chi connectivity index (χ2v) is 6.04. The summed E-state index contributed by atoms with van der Waals surface area (Å²) in [7, 11) is 0. The van der Waals surface area contributed by atoms with E-state index in [9.17, 15) is 9.90 Å². The molecule has 4 nitrogen and oxygen atoms in total. The van der Waals surface area contributed by atoms with Gasteiger partial charge in [0.05, 0.1) is 12.7 Å². The van der Waals surface area contributed by atoms with E-state index < -0.39 is 0 Å². The number of piperidine rings is 1. The summed E-state index contributed by atoms with van der Waals surface area (Å²) in [6, 6.07) is 7.96. The van der Waals surface area contributed by atoms with Crippen molar-refractivity contribution >= 4 is 5.91 Å². The number of aliphatic hydroxyl groups is 1. The largest absolute Gasteiger partial charge is 0.494 e. The minimum atomic E-state index is -0.263. The molecule has 1 aromatic carbocycles. The third-order valence-electron chi connectivity index (χ3n) is 4.44. The van der Waals surface area contributed by atoms with Gasteiger partial charge in [0.2, 0.25) is 5.91 Å². The van der Waals surface area contributed by atoms with Crippen molar-refractivity contribution in [2.45, 2.75) is 45.6 Å². The fraction of sp³-hybridized carbons (Fsp3) is 0.611. The van der Waals surface area contributed by atoms with Gasteiger partial charge in [-0.25, -0.2) is 0 Å². The Bertz CT molecular complexity index is 462. The topological polar surface area (TPSA) is 49.8 Å². The van der Waals surface area contributed by atoms with E-state index in [2.05, 4.69) is 0 Å². The van der Waals surface area contributed by atoms with E-state index in [4.69, 9.17) is 4.74 Å². The summed E-state index contributed by atoms with van der Waals surface area (Å²) in [5.41, 5.74) is 1.16. The lowest BCUT2D eigenvalue weighted by atomic mass is 9.92. The molecule has 0 saturated carbocycles. The Morgan fingerprint density at radius 1 is 1.32 bits per heavy atom. The second kappa shape index (κ2) is 8.18. The Morgan fingerprint density at radius 2 is 1.95 bits per heavy atom. The second-order valence-electron chi connectivity index (χ2n) is 6.04. The number of hydrogen-bond donors (Lipinski definition) is 1. The maximum atomic E-state index is 12.3. The van der Waals surface area contributed by atoms with Gasteiger partial charge in [-0.2, -0.15) is 0 Å². The normalized spacial score (nSPS) is 17.3. The van der Waals surface area contributed by atoms with Gasteiger partial charge in [-0.05, 0) is 56.7 Å².